The normalized spacial score (nSPS) is 44.3. The van der Waals surface area contributed by atoms with E-state index in [1.807, 2.05) is 6.92 Å². The molecular weight excluding hydrogens is 541 g/mol. The number of allylic oxidation sites excluding steroid dienone is 4. The maximum atomic E-state index is 17.5. The van der Waals surface area contributed by atoms with Crippen molar-refractivity contribution in [3.8, 4) is 0 Å². The molecule has 0 heterocycles. The number of hydrogen-bond donors (Lipinski definition) is 1. The highest BCUT2D eigenvalue weighted by Gasteiger charge is 2.79. The molecule has 0 aromatic carbocycles. The quantitative estimate of drug-likeness (QED) is 0.391. The van der Waals surface area contributed by atoms with Gasteiger partial charge in [0.1, 0.15) is 12.3 Å². The van der Waals surface area contributed by atoms with Crippen LogP contribution in [0.2, 0.25) is 0 Å². The van der Waals surface area contributed by atoms with Crippen LogP contribution < -0.4 is 0 Å². The lowest BCUT2D eigenvalue weighted by molar-refractivity contribution is -0.235. The lowest BCUT2D eigenvalue weighted by atomic mass is 9.44. The number of ketones is 1. The van der Waals surface area contributed by atoms with Crippen LogP contribution in [0.3, 0.4) is 0 Å². The van der Waals surface area contributed by atoms with Crippen molar-refractivity contribution in [2.45, 2.75) is 109 Å². The van der Waals surface area contributed by atoms with Gasteiger partial charge in [0.2, 0.25) is 12.5 Å². The molecule has 4 fully saturated rings. The molecule has 0 aliphatic heterocycles. The minimum Gasteiger partial charge on any atom is -0.431 e. The third-order valence-electron chi connectivity index (χ3n) is 11.5. The van der Waals surface area contributed by atoms with Gasteiger partial charge in [-0.3, -0.25) is 4.79 Å². The second-order valence-electron chi connectivity index (χ2n) is 13.2. The van der Waals surface area contributed by atoms with Crippen LogP contribution in [-0.4, -0.2) is 59.5 Å². The molecule has 10 atom stereocenters. The van der Waals surface area contributed by atoms with Gasteiger partial charge in [0, 0.05) is 22.7 Å². The molecule has 5 rings (SSSR count). The van der Waals surface area contributed by atoms with Gasteiger partial charge in [-0.1, -0.05) is 39.7 Å². The number of esters is 1. The van der Waals surface area contributed by atoms with E-state index >= 15 is 8.78 Å². The minimum absolute atomic E-state index is 0.0158. The standard InChI is InChI=1S/C31H41F3O7/c1-5-24(18-8-6-7-9-18)40-27(38)41-31(26(37)39-16-32)17(2)12-20-21-14-23(33)22-13-19(35)10-11-28(22,3)30(21,34)25(36)15-29(20,31)4/h10-11,13,17-18,20-21,23-25,36H,5-9,12,14-16H2,1-4H3/t17-,20+,21+,23+,24?,25+,28+,29+,30+,31+/m1/s1. The van der Waals surface area contributed by atoms with Crippen LogP contribution in [0.15, 0.2) is 23.8 Å². The van der Waals surface area contributed by atoms with E-state index in [1.54, 1.807) is 13.8 Å². The zero-order chi connectivity index (χ0) is 30.0. The van der Waals surface area contributed by atoms with Crippen LogP contribution in [0, 0.1) is 34.5 Å². The third kappa shape index (κ3) is 4.13. The molecule has 0 aromatic rings. The maximum absolute atomic E-state index is 17.5. The van der Waals surface area contributed by atoms with Crippen LogP contribution in [0.25, 0.3) is 0 Å². The van der Waals surface area contributed by atoms with E-state index in [4.69, 9.17) is 14.2 Å². The smallest absolute Gasteiger partial charge is 0.431 e. The summed E-state index contributed by atoms with van der Waals surface area (Å²) < 4.78 is 63.2. The Morgan fingerprint density at radius 3 is 2.49 bits per heavy atom. The zero-order valence-electron chi connectivity index (χ0n) is 24.2. The van der Waals surface area contributed by atoms with E-state index in [0.717, 1.165) is 31.8 Å². The molecule has 41 heavy (non-hydrogen) atoms. The van der Waals surface area contributed by atoms with E-state index in [2.05, 4.69) is 0 Å². The highest BCUT2D eigenvalue weighted by molar-refractivity contribution is 6.01. The number of rotatable bonds is 6. The molecule has 228 valence electrons. The van der Waals surface area contributed by atoms with Gasteiger partial charge in [-0.25, -0.2) is 22.8 Å². The van der Waals surface area contributed by atoms with Crippen molar-refractivity contribution < 1.29 is 46.9 Å². The van der Waals surface area contributed by atoms with Gasteiger partial charge in [0.25, 0.3) is 0 Å². The molecule has 1 unspecified atom stereocenters. The summed E-state index contributed by atoms with van der Waals surface area (Å²) in [6.07, 6.45) is 2.60. The number of ether oxygens (including phenoxy) is 3. The van der Waals surface area contributed by atoms with Crippen LogP contribution in [0.1, 0.15) is 79.1 Å². The van der Waals surface area contributed by atoms with Crippen LogP contribution in [-0.2, 0) is 23.8 Å². The molecule has 7 nitrogen and oxygen atoms in total. The first-order valence-electron chi connectivity index (χ1n) is 14.9. The summed E-state index contributed by atoms with van der Waals surface area (Å²) in [6, 6.07) is 0. The second kappa shape index (κ2) is 10.4. The van der Waals surface area contributed by atoms with E-state index in [0.29, 0.717) is 6.42 Å². The Kier molecular flexibility index (Phi) is 7.65. The number of hydrogen-bond acceptors (Lipinski definition) is 7. The van der Waals surface area contributed by atoms with Gasteiger partial charge < -0.3 is 19.3 Å². The summed E-state index contributed by atoms with van der Waals surface area (Å²) in [7, 11) is 0. The fourth-order valence-electron chi connectivity index (χ4n) is 9.50. The molecule has 5 aliphatic rings. The van der Waals surface area contributed by atoms with E-state index in [1.165, 1.54) is 19.1 Å². The van der Waals surface area contributed by atoms with E-state index in [9.17, 15) is 23.9 Å². The lowest BCUT2D eigenvalue weighted by Crippen LogP contribution is -2.71. The Morgan fingerprint density at radius 2 is 1.85 bits per heavy atom. The predicted octanol–water partition coefficient (Wildman–Crippen LogP) is 5.88. The topological polar surface area (TPSA) is 99.1 Å². The summed E-state index contributed by atoms with van der Waals surface area (Å²) in [4.78, 5) is 39.1. The summed E-state index contributed by atoms with van der Waals surface area (Å²) in [6.45, 7) is 5.15. The average Bonchev–Trinajstić information content (AvgIpc) is 3.52. The third-order valence-corrected chi connectivity index (χ3v) is 11.5. The largest absolute Gasteiger partial charge is 0.509 e. The Bertz CT molecular complexity index is 1150. The monoisotopic (exact) mass is 582 g/mol. The molecule has 1 N–H and O–H groups in total. The molecule has 5 aliphatic carbocycles. The minimum atomic E-state index is -2.38. The first-order valence-corrected chi connectivity index (χ1v) is 14.9. The van der Waals surface area contributed by atoms with Crippen molar-refractivity contribution in [1.82, 2.24) is 0 Å². The van der Waals surface area contributed by atoms with E-state index < -0.39 is 83.0 Å². The first kappa shape index (κ1) is 30.1. The van der Waals surface area contributed by atoms with Gasteiger partial charge in [-0.2, -0.15) is 0 Å². The van der Waals surface area contributed by atoms with Crippen LogP contribution >= 0.6 is 0 Å². The number of aliphatic hydroxyl groups excluding tert-OH is 1. The molecule has 0 aromatic heterocycles. The Morgan fingerprint density at radius 1 is 1.17 bits per heavy atom. The number of aliphatic hydroxyl groups is 1. The molecule has 0 amide bonds. The zero-order valence-corrected chi connectivity index (χ0v) is 24.2. The van der Waals surface area contributed by atoms with Crippen molar-refractivity contribution >= 4 is 17.9 Å². The van der Waals surface area contributed by atoms with Gasteiger partial charge in [-0.05, 0) is 75.0 Å². The second-order valence-corrected chi connectivity index (χ2v) is 13.2. The molecule has 4 saturated carbocycles. The lowest BCUT2D eigenvalue weighted by Gasteiger charge is -2.62. The molecule has 10 heteroatoms. The summed E-state index contributed by atoms with van der Waals surface area (Å²) in [5, 5.41) is 11.6. The highest BCUT2D eigenvalue weighted by atomic mass is 19.1. The molecule has 0 spiro atoms. The van der Waals surface area contributed by atoms with Crippen molar-refractivity contribution in [1.29, 1.82) is 0 Å². The SMILES string of the molecule is CCC(OC(=O)O[C@]1(C(=O)OCF)[C@H](C)C[C@H]2[C@@H]3C[C@H](F)C4=CC(=O)C=C[C@]4(C)[C@@]3(F)[C@@H](O)C[C@@]21C)C1CCCC1. The Hall–Kier alpha value is -2.36. The summed E-state index contributed by atoms with van der Waals surface area (Å²) in [5.41, 5.74) is -7.53. The molecular formula is C31H41F3O7. The number of carbonyl (C=O) groups excluding carboxylic acids is 3. The summed E-state index contributed by atoms with van der Waals surface area (Å²) in [5.74, 6) is -4.05. The number of halogens is 3. The Balaban J connectivity index is 1.54. The van der Waals surface area contributed by atoms with Crippen molar-refractivity contribution in [3.05, 3.63) is 23.8 Å². The number of fused-ring (bicyclic) bond motifs is 5. The summed E-state index contributed by atoms with van der Waals surface area (Å²) >= 11 is 0. The van der Waals surface area contributed by atoms with Gasteiger partial charge in [0.05, 0.1) is 6.10 Å². The van der Waals surface area contributed by atoms with Crippen LogP contribution in [0.4, 0.5) is 18.0 Å². The molecule has 0 saturated heterocycles. The molecule has 0 radical (unpaired) electrons. The van der Waals surface area contributed by atoms with Crippen molar-refractivity contribution in [2.75, 3.05) is 6.86 Å². The first-order chi connectivity index (χ1) is 19.3. The van der Waals surface area contributed by atoms with Gasteiger partial charge in [-0.15, -0.1) is 0 Å². The van der Waals surface area contributed by atoms with Crippen molar-refractivity contribution in [2.24, 2.45) is 34.5 Å². The Labute approximate surface area is 238 Å². The fraction of sp³-hybridized carbons (Fsp3) is 0.774. The number of carbonyl (C=O) groups is 3. The van der Waals surface area contributed by atoms with E-state index in [-0.39, 0.29) is 30.8 Å². The van der Waals surface area contributed by atoms with Crippen LogP contribution in [0.5, 0.6) is 0 Å². The van der Waals surface area contributed by atoms with Crippen molar-refractivity contribution in [3.63, 3.8) is 0 Å². The fourth-order valence-corrected chi connectivity index (χ4v) is 9.50. The predicted molar refractivity (Wildman–Crippen MR) is 142 cm³/mol. The number of alkyl halides is 3. The highest BCUT2D eigenvalue weighted by Crippen LogP contribution is 2.71. The maximum Gasteiger partial charge on any atom is 0.509 e. The average molecular weight is 583 g/mol. The van der Waals surface area contributed by atoms with Gasteiger partial charge >= 0.3 is 12.1 Å². The molecule has 0 bridgehead atoms. The van der Waals surface area contributed by atoms with Gasteiger partial charge in [0.15, 0.2) is 11.5 Å².